The van der Waals surface area contributed by atoms with Gasteiger partial charge in [-0.3, -0.25) is 14.4 Å². The first kappa shape index (κ1) is 17.8. The van der Waals surface area contributed by atoms with E-state index in [0.29, 0.717) is 12.0 Å². The minimum atomic E-state index is -0.823. The van der Waals surface area contributed by atoms with Crippen LogP contribution in [0, 0.1) is 0 Å². The van der Waals surface area contributed by atoms with Crippen molar-refractivity contribution in [2.75, 3.05) is 6.61 Å². The standard InChI is InChI=1S/C17H21N3O4S/c1-17(2)11(8-24-9-21)20-15(23)13(16(20)25-17)19-14(22)12(18)10-6-4-3-5-7-10/h3-7,9,11-13,16H,8,18H2,1-2H3,(H,19,22). The first-order chi connectivity index (χ1) is 11.9. The normalized spacial score (nSPS) is 27.9. The Morgan fingerprint density at radius 3 is 2.76 bits per heavy atom. The summed E-state index contributed by atoms with van der Waals surface area (Å²) in [5.74, 6) is -0.550. The predicted molar refractivity (Wildman–Crippen MR) is 93.4 cm³/mol. The van der Waals surface area contributed by atoms with Crippen molar-refractivity contribution in [3.63, 3.8) is 0 Å². The van der Waals surface area contributed by atoms with Crippen molar-refractivity contribution in [1.29, 1.82) is 0 Å². The van der Waals surface area contributed by atoms with Crippen molar-refractivity contribution in [2.45, 2.75) is 42.1 Å². The second-order valence-corrected chi connectivity index (χ2v) is 8.45. The lowest BCUT2D eigenvalue weighted by atomic mass is 9.96. The summed E-state index contributed by atoms with van der Waals surface area (Å²) in [7, 11) is 0. The van der Waals surface area contributed by atoms with Crippen LogP contribution in [0.4, 0.5) is 0 Å². The number of ether oxygens (including phenoxy) is 1. The first-order valence-corrected chi connectivity index (χ1v) is 8.91. The Balaban J connectivity index is 1.67. The second kappa shape index (κ2) is 6.68. The van der Waals surface area contributed by atoms with E-state index in [0.717, 1.165) is 0 Å². The molecule has 0 aromatic heterocycles. The molecular formula is C17H21N3O4S. The fourth-order valence-electron chi connectivity index (χ4n) is 3.27. The number of nitrogens with zero attached hydrogens (tertiary/aromatic N) is 1. The number of hydrogen-bond donors (Lipinski definition) is 2. The molecule has 2 aliphatic rings. The fourth-order valence-corrected chi connectivity index (χ4v) is 4.91. The lowest BCUT2D eigenvalue weighted by Gasteiger charge is -2.44. The highest BCUT2D eigenvalue weighted by molar-refractivity contribution is 8.01. The van der Waals surface area contributed by atoms with E-state index in [1.807, 2.05) is 32.0 Å². The number of hydrogen-bond acceptors (Lipinski definition) is 6. The molecule has 2 saturated heterocycles. The van der Waals surface area contributed by atoms with Crippen LogP contribution in [-0.2, 0) is 19.1 Å². The topological polar surface area (TPSA) is 102 Å². The quantitative estimate of drug-likeness (QED) is 0.561. The Bertz CT molecular complexity index is 682. The third-order valence-corrected chi connectivity index (χ3v) is 6.32. The molecule has 0 aliphatic carbocycles. The highest BCUT2D eigenvalue weighted by Crippen LogP contribution is 2.50. The van der Waals surface area contributed by atoms with Gasteiger partial charge in [-0.15, -0.1) is 11.8 Å². The first-order valence-electron chi connectivity index (χ1n) is 8.03. The molecule has 1 aromatic rings. The molecule has 4 atom stereocenters. The van der Waals surface area contributed by atoms with Gasteiger partial charge in [-0.05, 0) is 19.4 Å². The molecule has 0 saturated carbocycles. The summed E-state index contributed by atoms with van der Waals surface area (Å²) in [4.78, 5) is 37.1. The van der Waals surface area contributed by atoms with Gasteiger partial charge in [0.1, 0.15) is 24.1 Å². The molecule has 0 radical (unpaired) electrons. The molecule has 3 rings (SSSR count). The zero-order chi connectivity index (χ0) is 18.2. The van der Waals surface area contributed by atoms with Crippen molar-refractivity contribution in [3.05, 3.63) is 35.9 Å². The highest BCUT2D eigenvalue weighted by atomic mass is 32.2. The van der Waals surface area contributed by atoms with Gasteiger partial charge >= 0.3 is 0 Å². The van der Waals surface area contributed by atoms with Gasteiger partial charge in [0.15, 0.2) is 0 Å². The number of amides is 2. The molecule has 2 amide bonds. The Morgan fingerprint density at radius 1 is 1.44 bits per heavy atom. The average Bonchev–Trinajstić information content (AvgIpc) is 2.85. The predicted octanol–water partition coefficient (Wildman–Crippen LogP) is 0.406. The second-order valence-electron chi connectivity index (χ2n) is 6.68. The van der Waals surface area contributed by atoms with Gasteiger partial charge in [0.2, 0.25) is 11.8 Å². The number of carbonyl (C=O) groups excluding carboxylic acids is 3. The molecule has 2 heterocycles. The molecule has 7 nitrogen and oxygen atoms in total. The van der Waals surface area contributed by atoms with Crippen LogP contribution in [0.15, 0.2) is 30.3 Å². The Kier molecular flexibility index (Phi) is 4.75. The lowest BCUT2D eigenvalue weighted by molar-refractivity contribution is -0.154. The summed E-state index contributed by atoms with van der Waals surface area (Å²) < 4.78 is 4.60. The van der Waals surface area contributed by atoms with Gasteiger partial charge < -0.3 is 20.7 Å². The molecule has 0 bridgehead atoms. The third kappa shape index (κ3) is 3.11. The smallest absolute Gasteiger partial charge is 0.293 e. The van der Waals surface area contributed by atoms with E-state index in [9.17, 15) is 14.4 Å². The molecule has 8 heteroatoms. The van der Waals surface area contributed by atoms with Crippen LogP contribution in [0.5, 0.6) is 0 Å². The Hall–Kier alpha value is -2.06. The molecule has 4 unspecified atom stereocenters. The van der Waals surface area contributed by atoms with Crippen molar-refractivity contribution in [1.82, 2.24) is 10.2 Å². The lowest BCUT2D eigenvalue weighted by Crippen LogP contribution is -2.70. The molecule has 2 aliphatic heterocycles. The highest BCUT2D eigenvalue weighted by Gasteiger charge is 2.62. The van der Waals surface area contributed by atoms with E-state index in [1.54, 1.807) is 28.8 Å². The summed E-state index contributed by atoms with van der Waals surface area (Å²) in [6, 6.07) is 7.39. The largest absolute Gasteiger partial charge is 0.466 e. The van der Waals surface area contributed by atoms with Crippen LogP contribution in [-0.4, -0.2) is 52.0 Å². The van der Waals surface area contributed by atoms with Gasteiger partial charge in [0.05, 0.1) is 6.04 Å². The van der Waals surface area contributed by atoms with Crippen molar-refractivity contribution in [3.8, 4) is 0 Å². The zero-order valence-corrected chi connectivity index (χ0v) is 14.9. The van der Waals surface area contributed by atoms with Gasteiger partial charge in [-0.25, -0.2) is 0 Å². The van der Waals surface area contributed by atoms with E-state index in [1.165, 1.54) is 0 Å². The summed E-state index contributed by atoms with van der Waals surface area (Å²) in [5.41, 5.74) is 6.69. The Labute approximate surface area is 150 Å². The number of β-lactam (4-membered cyclic amide) rings is 1. The number of benzene rings is 1. The maximum atomic E-state index is 12.5. The van der Waals surface area contributed by atoms with Crippen LogP contribution >= 0.6 is 11.8 Å². The van der Waals surface area contributed by atoms with Crippen LogP contribution in [0.3, 0.4) is 0 Å². The zero-order valence-electron chi connectivity index (χ0n) is 14.0. The van der Waals surface area contributed by atoms with Crippen LogP contribution in [0.2, 0.25) is 0 Å². The molecule has 0 spiro atoms. The molecule has 1 aromatic carbocycles. The summed E-state index contributed by atoms with van der Waals surface area (Å²) in [6.45, 7) is 4.53. The van der Waals surface area contributed by atoms with Gasteiger partial charge in [-0.2, -0.15) is 0 Å². The monoisotopic (exact) mass is 363 g/mol. The SMILES string of the molecule is CC1(C)SC2C(NC(=O)C(N)c3ccccc3)C(=O)N2C1COC=O. The number of carbonyl (C=O) groups is 3. The van der Waals surface area contributed by atoms with E-state index < -0.39 is 12.1 Å². The van der Waals surface area contributed by atoms with Crippen LogP contribution in [0.25, 0.3) is 0 Å². The minimum absolute atomic E-state index is 0.149. The van der Waals surface area contributed by atoms with Gasteiger partial charge in [0.25, 0.3) is 6.47 Å². The van der Waals surface area contributed by atoms with Gasteiger partial charge in [-0.1, -0.05) is 30.3 Å². The maximum absolute atomic E-state index is 12.5. The summed E-state index contributed by atoms with van der Waals surface area (Å²) >= 11 is 1.59. The molecular weight excluding hydrogens is 342 g/mol. The number of rotatable bonds is 6. The average molecular weight is 363 g/mol. The van der Waals surface area contributed by atoms with Crippen molar-refractivity contribution in [2.24, 2.45) is 5.73 Å². The molecule has 2 fully saturated rings. The number of nitrogens with two attached hydrogens (primary N) is 1. The van der Waals surface area contributed by atoms with E-state index in [4.69, 9.17) is 10.5 Å². The molecule has 3 N–H and O–H groups in total. The minimum Gasteiger partial charge on any atom is -0.466 e. The van der Waals surface area contributed by atoms with E-state index in [2.05, 4.69) is 5.32 Å². The number of thioether (sulfide) groups is 1. The summed E-state index contributed by atoms with van der Waals surface area (Å²) in [5, 5.41) is 2.59. The van der Waals surface area contributed by atoms with E-state index in [-0.39, 0.29) is 34.6 Å². The van der Waals surface area contributed by atoms with Crippen LogP contribution < -0.4 is 11.1 Å². The molecule has 134 valence electrons. The van der Waals surface area contributed by atoms with Crippen molar-refractivity contribution < 1.29 is 19.1 Å². The maximum Gasteiger partial charge on any atom is 0.293 e. The Morgan fingerprint density at radius 2 is 2.12 bits per heavy atom. The van der Waals surface area contributed by atoms with Crippen molar-refractivity contribution >= 4 is 30.0 Å². The molecule has 25 heavy (non-hydrogen) atoms. The van der Waals surface area contributed by atoms with E-state index >= 15 is 0 Å². The van der Waals surface area contributed by atoms with Gasteiger partial charge in [0, 0.05) is 4.75 Å². The summed E-state index contributed by atoms with van der Waals surface area (Å²) in [6.07, 6.45) is 0. The van der Waals surface area contributed by atoms with Crippen LogP contribution in [0.1, 0.15) is 25.5 Å². The number of nitrogens with one attached hydrogen (secondary N) is 1. The number of fused-ring (bicyclic) bond motifs is 1. The fraction of sp³-hybridized carbons (Fsp3) is 0.471. The third-order valence-electron chi connectivity index (χ3n) is 4.70.